The van der Waals surface area contributed by atoms with E-state index in [4.69, 9.17) is 19.9 Å². The van der Waals surface area contributed by atoms with Crippen molar-refractivity contribution < 1.29 is 23.7 Å². The number of benzene rings is 1. The minimum absolute atomic E-state index is 0.269. The Bertz CT molecular complexity index is 518. The van der Waals surface area contributed by atoms with Crippen LogP contribution < -0.4 is 19.9 Å². The molecule has 0 fully saturated rings. The van der Waals surface area contributed by atoms with Crippen LogP contribution in [0.4, 0.5) is 0 Å². The second kappa shape index (κ2) is 9.25. The zero-order valence-electron chi connectivity index (χ0n) is 14.5. The normalized spacial score (nSPS) is 13.1. The predicted molar refractivity (Wildman–Crippen MR) is 88.2 cm³/mol. The maximum absolute atomic E-state index is 11.4. The van der Waals surface area contributed by atoms with E-state index in [0.29, 0.717) is 17.9 Å². The fourth-order valence-electron chi connectivity index (χ4n) is 2.52. The van der Waals surface area contributed by atoms with E-state index >= 15 is 0 Å². The molecule has 0 heterocycles. The number of carbonyl (C=O) groups is 1. The number of nitrogens with two attached hydrogens (primary N) is 1. The van der Waals surface area contributed by atoms with Gasteiger partial charge in [-0.15, -0.1) is 0 Å². The van der Waals surface area contributed by atoms with E-state index in [9.17, 15) is 4.79 Å². The van der Waals surface area contributed by atoms with E-state index < -0.39 is 6.04 Å². The van der Waals surface area contributed by atoms with Crippen LogP contribution in [0.15, 0.2) is 12.1 Å². The lowest BCUT2D eigenvalue weighted by Crippen LogP contribution is -2.33. The first-order chi connectivity index (χ1) is 11.0. The summed E-state index contributed by atoms with van der Waals surface area (Å²) < 4.78 is 20.8. The molecule has 0 aromatic heterocycles. The number of carbonyl (C=O) groups excluding carboxylic acids is 1. The topological polar surface area (TPSA) is 80.0 Å². The summed E-state index contributed by atoms with van der Waals surface area (Å²) in [5.74, 6) is 1.96. The molecule has 2 atom stereocenters. The van der Waals surface area contributed by atoms with Crippen molar-refractivity contribution in [2.45, 2.75) is 32.2 Å². The molecular formula is C17H27NO5. The van der Waals surface area contributed by atoms with Crippen molar-refractivity contribution >= 4 is 5.97 Å². The number of esters is 1. The second-order valence-electron chi connectivity index (χ2n) is 5.53. The summed E-state index contributed by atoms with van der Waals surface area (Å²) in [5, 5.41) is 0. The Morgan fingerprint density at radius 3 is 2.35 bits per heavy atom. The van der Waals surface area contributed by atoms with Gasteiger partial charge in [0.15, 0.2) is 11.5 Å². The number of rotatable bonds is 9. The highest BCUT2D eigenvalue weighted by molar-refractivity contribution is 5.75. The average molecular weight is 325 g/mol. The summed E-state index contributed by atoms with van der Waals surface area (Å²) in [6.45, 7) is 2.06. The molecule has 0 aliphatic heterocycles. The first-order valence-corrected chi connectivity index (χ1v) is 7.59. The van der Waals surface area contributed by atoms with Gasteiger partial charge >= 0.3 is 5.97 Å². The Morgan fingerprint density at radius 1 is 1.13 bits per heavy atom. The van der Waals surface area contributed by atoms with Gasteiger partial charge in [-0.2, -0.15) is 0 Å². The van der Waals surface area contributed by atoms with Gasteiger partial charge in [-0.3, -0.25) is 4.79 Å². The van der Waals surface area contributed by atoms with Crippen LogP contribution in [0.1, 0.15) is 25.3 Å². The number of methoxy groups -OCH3 is 4. The van der Waals surface area contributed by atoms with Crippen molar-refractivity contribution in [3.63, 3.8) is 0 Å². The van der Waals surface area contributed by atoms with Gasteiger partial charge in [0.05, 0.1) is 28.4 Å². The zero-order valence-corrected chi connectivity index (χ0v) is 14.5. The van der Waals surface area contributed by atoms with E-state index in [1.807, 2.05) is 6.07 Å². The van der Waals surface area contributed by atoms with Gasteiger partial charge in [-0.1, -0.05) is 6.92 Å². The summed E-state index contributed by atoms with van der Waals surface area (Å²) >= 11 is 0. The van der Waals surface area contributed by atoms with Crippen LogP contribution in [0.5, 0.6) is 17.2 Å². The van der Waals surface area contributed by atoms with Crippen molar-refractivity contribution in [2.24, 2.45) is 11.7 Å². The maximum Gasteiger partial charge on any atom is 0.322 e. The lowest BCUT2D eigenvalue weighted by molar-refractivity contribution is -0.142. The molecule has 0 bridgehead atoms. The molecule has 0 saturated heterocycles. The summed E-state index contributed by atoms with van der Waals surface area (Å²) in [7, 11) is 6.17. The van der Waals surface area contributed by atoms with E-state index in [1.54, 1.807) is 27.4 Å². The van der Waals surface area contributed by atoms with E-state index in [-0.39, 0.29) is 11.9 Å². The summed E-state index contributed by atoms with van der Waals surface area (Å²) in [6, 6.07) is 3.14. The van der Waals surface area contributed by atoms with E-state index in [1.165, 1.54) is 7.11 Å². The third kappa shape index (κ3) is 5.32. The molecule has 1 aromatic carbocycles. The minimum atomic E-state index is -0.586. The largest absolute Gasteiger partial charge is 0.497 e. The van der Waals surface area contributed by atoms with Crippen molar-refractivity contribution in [3.05, 3.63) is 17.7 Å². The van der Waals surface area contributed by atoms with Gasteiger partial charge in [0, 0.05) is 11.6 Å². The summed E-state index contributed by atoms with van der Waals surface area (Å²) in [5.41, 5.74) is 6.81. The van der Waals surface area contributed by atoms with Crippen molar-refractivity contribution in [2.75, 3.05) is 28.4 Å². The van der Waals surface area contributed by atoms with E-state index in [2.05, 4.69) is 11.7 Å². The SMILES string of the molecule is COC(=O)C(N)CC(C)CCc1cc(OC)cc(OC)c1OC. The molecule has 0 aliphatic rings. The predicted octanol–water partition coefficient (Wildman–Crippen LogP) is 2.17. The number of hydrogen-bond acceptors (Lipinski definition) is 6. The van der Waals surface area contributed by atoms with Crippen LogP contribution in [0.25, 0.3) is 0 Å². The average Bonchev–Trinajstić information content (AvgIpc) is 2.57. The highest BCUT2D eigenvalue weighted by atomic mass is 16.5. The molecule has 0 aliphatic carbocycles. The van der Waals surface area contributed by atoms with Gasteiger partial charge in [0.2, 0.25) is 0 Å². The molecule has 6 heteroatoms. The lowest BCUT2D eigenvalue weighted by atomic mass is 9.94. The summed E-state index contributed by atoms with van der Waals surface area (Å²) in [6.07, 6.45) is 2.21. The zero-order chi connectivity index (χ0) is 17.4. The molecule has 0 radical (unpaired) electrons. The number of aryl methyl sites for hydroxylation is 1. The van der Waals surface area contributed by atoms with Gasteiger partial charge in [0.1, 0.15) is 11.8 Å². The fourth-order valence-corrected chi connectivity index (χ4v) is 2.52. The second-order valence-corrected chi connectivity index (χ2v) is 5.53. The third-order valence-electron chi connectivity index (χ3n) is 3.83. The highest BCUT2D eigenvalue weighted by Crippen LogP contribution is 2.36. The molecule has 1 aromatic rings. The molecule has 0 saturated carbocycles. The van der Waals surface area contributed by atoms with Gasteiger partial charge in [0.25, 0.3) is 0 Å². The first kappa shape index (κ1) is 19.1. The molecule has 23 heavy (non-hydrogen) atoms. The molecule has 130 valence electrons. The minimum Gasteiger partial charge on any atom is -0.497 e. The molecular weight excluding hydrogens is 298 g/mol. The van der Waals surface area contributed by atoms with Gasteiger partial charge in [-0.25, -0.2) is 0 Å². The van der Waals surface area contributed by atoms with E-state index in [0.717, 1.165) is 24.2 Å². The number of hydrogen-bond donors (Lipinski definition) is 1. The van der Waals surface area contributed by atoms with Crippen LogP contribution in [-0.2, 0) is 16.0 Å². The standard InChI is InChI=1S/C17H27NO5/c1-11(8-14(18)17(19)23-5)6-7-12-9-13(20-2)10-15(21-3)16(12)22-4/h9-11,14H,6-8,18H2,1-5H3. The molecule has 2 N–H and O–H groups in total. The van der Waals surface area contributed by atoms with Crippen LogP contribution in [0.3, 0.4) is 0 Å². The monoisotopic (exact) mass is 325 g/mol. The Kier molecular flexibility index (Phi) is 7.68. The number of ether oxygens (including phenoxy) is 4. The smallest absolute Gasteiger partial charge is 0.322 e. The fraction of sp³-hybridized carbons (Fsp3) is 0.588. The van der Waals surface area contributed by atoms with Crippen LogP contribution >= 0.6 is 0 Å². The first-order valence-electron chi connectivity index (χ1n) is 7.59. The van der Waals surface area contributed by atoms with Gasteiger partial charge < -0.3 is 24.7 Å². The highest BCUT2D eigenvalue weighted by Gasteiger charge is 2.19. The quantitative estimate of drug-likeness (QED) is 0.701. The van der Waals surface area contributed by atoms with Crippen molar-refractivity contribution in [1.82, 2.24) is 0 Å². The lowest BCUT2D eigenvalue weighted by Gasteiger charge is -2.18. The molecule has 0 amide bonds. The van der Waals surface area contributed by atoms with Crippen molar-refractivity contribution in [1.29, 1.82) is 0 Å². The molecule has 6 nitrogen and oxygen atoms in total. The van der Waals surface area contributed by atoms with Crippen LogP contribution in [-0.4, -0.2) is 40.5 Å². The Balaban J connectivity index is 2.78. The molecule has 1 rings (SSSR count). The Morgan fingerprint density at radius 2 is 1.83 bits per heavy atom. The third-order valence-corrected chi connectivity index (χ3v) is 3.83. The maximum atomic E-state index is 11.4. The molecule has 0 spiro atoms. The summed E-state index contributed by atoms with van der Waals surface area (Å²) in [4.78, 5) is 11.4. The van der Waals surface area contributed by atoms with Gasteiger partial charge in [-0.05, 0) is 31.2 Å². The Hall–Kier alpha value is -1.95. The molecule has 2 unspecified atom stereocenters. The van der Waals surface area contributed by atoms with Crippen LogP contribution in [0.2, 0.25) is 0 Å². The van der Waals surface area contributed by atoms with Crippen molar-refractivity contribution in [3.8, 4) is 17.2 Å². The Labute approximate surface area is 137 Å². The van der Waals surface area contributed by atoms with Crippen LogP contribution in [0, 0.1) is 5.92 Å².